The molecule has 1 aromatic carbocycles. The van der Waals surface area contributed by atoms with Crippen LogP contribution in [0.1, 0.15) is 18.1 Å². The lowest BCUT2D eigenvalue weighted by atomic mass is 10.1. The number of hydrogen-bond donors (Lipinski definition) is 1. The SMILES string of the molecule is CCc1ccc2c(c1)NC(CF)C2. The zero-order chi connectivity index (χ0) is 9.26. The summed E-state index contributed by atoms with van der Waals surface area (Å²) < 4.78 is 12.4. The van der Waals surface area contributed by atoms with Gasteiger partial charge >= 0.3 is 0 Å². The minimum Gasteiger partial charge on any atom is -0.379 e. The van der Waals surface area contributed by atoms with Crippen LogP contribution in [0, 0.1) is 0 Å². The van der Waals surface area contributed by atoms with Gasteiger partial charge in [-0.05, 0) is 30.0 Å². The van der Waals surface area contributed by atoms with E-state index in [-0.39, 0.29) is 12.7 Å². The number of halogens is 1. The first kappa shape index (κ1) is 8.54. The van der Waals surface area contributed by atoms with E-state index in [2.05, 4.69) is 30.4 Å². The molecule has 0 aliphatic carbocycles. The van der Waals surface area contributed by atoms with Crippen LogP contribution in [0.5, 0.6) is 0 Å². The van der Waals surface area contributed by atoms with Gasteiger partial charge in [0.15, 0.2) is 0 Å². The van der Waals surface area contributed by atoms with Crippen LogP contribution in [0.25, 0.3) is 0 Å². The molecule has 0 radical (unpaired) electrons. The Hall–Kier alpha value is -1.05. The van der Waals surface area contributed by atoms with E-state index in [1.54, 1.807) is 0 Å². The average molecular weight is 179 g/mol. The third-order valence-electron chi connectivity index (χ3n) is 2.59. The van der Waals surface area contributed by atoms with Crippen molar-refractivity contribution in [1.29, 1.82) is 0 Å². The molecule has 0 fully saturated rings. The van der Waals surface area contributed by atoms with Crippen molar-refractivity contribution in [2.24, 2.45) is 0 Å². The topological polar surface area (TPSA) is 12.0 Å². The first-order valence-electron chi connectivity index (χ1n) is 4.77. The molecule has 1 aliphatic heterocycles. The second kappa shape index (κ2) is 3.36. The molecule has 1 aromatic rings. The van der Waals surface area contributed by atoms with Crippen LogP contribution in [0.3, 0.4) is 0 Å². The molecule has 2 rings (SSSR count). The molecule has 0 saturated heterocycles. The number of fused-ring (bicyclic) bond motifs is 1. The minimum absolute atomic E-state index is 0.00195. The zero-order valence-corrected chi connectivity index (χ0v) is 7.81. The van der Waals surface area contributed by atoms with Gasteiger partial charge in [0.2, 0.25) is 0 Å². The summed E-state index contributed by atoms with van der Waals surface area (Å²) in [4.78, 5) is 0. The molecule has 1 nitrogen and oxygen atoms in total. The number of benzene rings is 1. The number of anilines is 1. The van der Waals surface area contributed by atoms with Gasteiger partial charge < -0.3 is 5.32 Å². The van der Waals surface area contributed by atoms with Crippen LogP contribution >= 0.6 is 0 Å². The number of nitrogens with one attached hydrogen (secondary N) is 1. The third kappa shape index (κ3) is 1.53. The average Bonchev–Trinajstić information content (AvgIpc) is 2.58. The molecule has 1 unspecified atom stereocenters. The van der Waals surface area contributed by atoms with Gasteiger partial charge in [0.1, 0.15) is 6.67 Å². The van der Waals surface area contributed by atoms with Gasteiger partial charge in [0, 0.05) is 5.69 Å². The quantitative estimate of drug-likeness (QED) is 0.735. The highest BCUT2D eigenvalue weighted by Gasteiger charge is 2.19. The zero-order valence-electron chi connectivity index (χ0n) is 7.81. The van der Waals surface area contributed by atoms with Gasteiger partial charge in [0.05, 0.1) is 6.04 Å². The van der Waals surface area contributed by atoms with Crippen molar-refractivity contribution in [2.45, 2.75) is 25.8 Å². The molecule has 0 spiro atoms. The normalized spacial score (nSPS) is 19.7. The fourth-order valence-corrected chi connectivity index (χ4v) is 1.79. The minimum atomic E-state index is -0.282. The Morgan fingerprint density at radius 1 is 1.54 bits per heavy atom. The lowest BCUT2D eigenvalue weighted by Gasteiger charge is -2.05. The molecular formula is C11H14FN. The number of aryl methyl sites for hydroxylation is 1. The highest BCUT2D eigenvalue weighted by atomic mass is 19.1. The first-order valence-corrected chi connectivity index (χ1v) is 4.77. The van der Waals surface area contributed by atoms with E-state index < -0.39 is 0 Å². The Balaban J connectivity index is 2.25. The second-order valence-corrected chi connectivity index (χ2v) is 3.54. The van der Waals surface area contributed by atoms with E-state index in [4.69, 9.17) is 0 Å². The molecule has 13 heavy (non-hydrogen) atoms. The fraction of sp³-hybridized carbons (Fsp3) is 0.455. The van der Waals surface area contributed by atoms with Gasteiger partial charge in [-0.2, -0.15) is 0 Å². The smallest absolute Gasteiger partial charge is 0.110 e. The monoisotopic (exact) mass is 179 g/mol. The van der Waals surface area contributed by atoms with Gasteiger partial charge in [-0.3, -0.25) is 0 Å². The standard InChI is InChI=1S/C11H14FN/c1-2-8-3-4-9-6-10(7-12)13-11(9)5-8/h3-5,10,13H,2,6-7H2,1H3. The van der Waals surface area contributed by atoms with Crippen molar-refractivity contribution in [3.8, 4) is 0 Å². The molecule has 0 aromatic heterocycles. The number of alkyl halides is 1. The summed E-state index contributed by atoms with van der Waals surface area (Å²) in [6.07, 6.45) is 1.87. The summed E-state index contributed by atoms with van der Waals surface area (Å²) >= 11 is 0. The van der Waals surface area contributed by atoms with Gasteiger partial charge in [-0.15, -0.1) is 0 Å². The van der Waals surface area contributed by atoms with E-state index in [1.165, 1.54) is 11.1 Å². The van der Waals surface area contributed by atoms with E-state index in [1.807, 2.05) is 0 Å². The van der Waals surface area contributed by atoms with E-state index >= 15 is 0 Å². The summed E-state index contributed by atoms with van der Waals surface area (Å²) in [5, 5.41) is 3.18. The van der Waals surface area contributed by atoms with Crippen LogP contribution < -0.4 is 5.32 Å². The maximum atomic E-state index is 12.4. The largest absolute Gasteiger partial charge is 0.379 e. The molecule has 2 heteroatoms. The van der Waals surface area contributed by atoms with Crippen LogP contribution in [0.15, 0.2) is 18.2 Å². The van der Waals surface area contributed by atoms with Crippen LogP contribution in [0.2, 0.25) is 0 Å². The molecule has 0 saturated carbocycles. The van der Waals surface area contributed by atoms with E-state index in [0.29, 0.717) is 0 Å². The van der Waals surface area contributed by atoms with E-state index in [9.17, 15) is 4.39 Å². The Morgan fingerprint density at radius 2 is 2.38 bits per heavy atom. The maximum absolute atomic E-state index is 12.4. The molecular weight excluding hydrogens is 165 g/mol. The van der Waals surface area contributed by atoms with Crippen LogP contribution in [-0.2, 0) is 12.8 Å². The lowest BCUT2D eigenvalue weighted by molar-refractivity contribution is 0.450. The highest BCUT2D eigenvalue weighted by Crippen LogP contribution is 2.27. The van der Waals surface area contributed by atoms with Gasteiger partial charge in [-0.1, -0.05) is 19.1 Å². The molecule has 70 valence electrons. The predicted molar refractivity (Wildman–Crippen MR) is 52.9 cm³/mol. The lowest BCUT2D eigenvalue weighted by Crippen LogP contribution is -2.17. The first-order chi connectivity index (χ1) is 6.33. The van der Waals surface area contributed by atoms with Crippen molar-refractivity contribution in [3.05, 3.63) is 29.3 Å². The summed E-state index contributed by atoms with van der Waals surface area (Å²) in [6, 6.07) is 6.37. The van der Waals surface area contributed by atoms with Gasteiger partial charge in [0.25, 0.3) is 0 Å². The van der Waals surface area contributed by atoms with Crippen molar-refractivity contribution < 1.29 is 4.39 Å². The Labute approximate surface area is 78.0 Å². The maximum Gasteiger partial charge on any atom is 0.110 e. The summed E-state index contributed by atoms with van der Waals surface area (Å²) in [5.41, 5.74) is 3.69. The van der Waals surface area contributed by atoms with Crippen molar-refractivity contribution in [3.63, 3.8) is 0 Å². The predicted octanol–water partition coefficient (Wildman–Crippen LogP) is 2.56. The second-order valence-electron chi connectivity index (χ2n) is 3.54. The fourth-order valence-electron chi connectivity index (χ4n) is 1.79. The molecule has 1 N–H and O–H groups in total. The number of hydrogen-bond acceptors (Lipinski definition) is 1. The highest BCUT2D eigenvalue weighted by molar-refractivity contribution is 5.58. The van der Waals surface area contributed by atoms with Gasteiger partial charge in [-0.25, -0.2) is 4.39 Å². The van der Waals surface area contributed by atoms with Crippen LogP contribution in [-0.4, -0.2) is 12.7 Å². The van der Waals surface area contributed by atoms with E-state index in [0.717, 1.165) is 18.5 Å². The van der Waals surface area contributed by atoms with Crippen LogP contribution in [0.4, 0.5) is 10.1 Å². The van der Waals surface area contributed by atoms with Crippen molar-refractivity contribution in [1.82, 2.24) is 0 Å². The summed E-state index contributed by atoms with van der Waals surface area (Å²) in [6.45, 7) is 1.85. The molecule has 0 bridgehead atoms. The molecule has 1 heterocycles. The Bertz CT molecular complexity index is 309. The summed E-state index contributed by atoms with van der Waals surface area (Å²) in [5.74, 6) is 0. The molecule has 1 aliphatic rings. The molecule has 1 atom stereocenters. The third-order valence-corrected chi connectivity index (χ3v) is 2.59. The van der Waals surface area contributed by atoms with Crippen molar-refractivity contribution >= 4 is 5.69 Å². The Morgan fingerprint density at radius 3 is 3.08 bits per heavy atom. The Kier molecular flexibility index (Phi) is 2.21. The van der Waals surface area contributed by atoms with Crippen molar-refractivity contribution in [2.75, 3.05) is 12.0 Å². The summed E-state index contributed by atoms with van der Waals surface area (Å²) in [7, 11) is 0. The molecule has 0 amide bonds. The number of rotatable bonds is 2.